The molecule has 1 heterocycles. The normalized spacial score (nSPS) is 28.0. The topological polar surface area (TPSA) is 38.3 Å². The quantitative estimate of drug-likeness (QED) is 0.808. The van der Waals surface area contributed by atoms with Crippen LogP contribution >= 0.6 is 0 Å². The van der Waals surface area contributed by atoms with E-state index in [1.165, 1.54) is 5.56 Å². The Bertz CT molecular complexity index is 390. The molecule has 1 aromatic rings. The monoisotopic (exact) mass is 233 g/mol. The molecular formula is C14H19NO2. The number of ether oxygens (including phenoxy) is 1. The first kappa shape index (κ1) is 12.1. The summed E-state index contributed by atoms with van der Waals surface area (Å²) in [5, 5.41) is 3.30. The highest BCUT2D eigenvalue weighted by Crippen LogP contribution is 2.35. The summed E-state index contributed by atoms with van der Waals surface area (Å²) in [4.78, 5) is 12.0. The van der Waals surface area contributed by atoms with Crippen LogP contribution in [0.3, 0.4) is 0 Å². The lowest BCUT2D eigenvalue weighted by molar-refractivity contribution is -0.149. The van der Waals surface area contributed by atoms with Crippen molar-refractivity contribution in [2.24, 2.45) is 5.92 Å². The highest BCUT2D eigenvalue weighted by molar-refractivity contribution is 5.75. The summed E-state index contributed by atoms with van der Waals surface area (Å²) in [6.07, 6.45) is 0. The minimum absolute atomic E-state index is 0.0927. The second-order valence-electron chi connectivity index (χ2n) is 4.72. The first-order chi connectivity index (χ1) is 8.18. The summed E-state index contributed by atoms with van der Waals surface area (Å²) < 4.78 is 5.16. The van der Waals surface area contributed by atoms with Gasteiger partial charge in [0.25, 0.3) is 0 Å². The maximum atomic E-state index is 12.0. The molecule has 0 bridgehead atoms. The van der Waals surface area contributed by atoms with Gasteiger partial charge in [0, 0.05) is 18.5 Å². The molecule has 17 heavy (non-hydrogen) atoms. The lowest BCUT2D eigenvalue weighted by atomic mass is 9.74. The van der Waals surface area contributed by atoms with E-state index >= 15 is 0 Å². The van der Waals surface area contributed by atoms with Crippen LogP contribution in [-0.2, 0) is 14.9 Å². The number of carbonyl (C=O) groups is 1. The molecule has 0 aliphatic carbocycles. The van der Waals surface area contributed by atoms with Crippen LogP contribution in [0.2, 0.25) is 0 Å². The molecular weight excluding hydrogens is 214 g/mol. The molecule has 1 aliphatic heterocycles. The zero-order chi connectivity index (χ0) is 12.3. The van der Waals surface area contributed by atoms with Crippen LogP contribution in [0.15, 0.2) is 30.3 Å². The molecule has 0 radical (unpaired) electrons. The number of carbonyl (C=O) groups excluding carboxylic acids is 1. The van der Waals surface area contributed by atoms with Gasteiger partial charge < -0.3 is 10.1 Å². The smallest absolute Gasteiger partial charge is 0.311 e. The van der Waals surface area contributed by atoms with Gasteiger partial charge in [-0.1, -0.05) is 37.3 Å². The van der Waals surface area contributed by atoms with Crippen LogP contribution in [0.4, 0.5) is 0 Å². The first-order valence-electron chi connectivity index (χ1n) is 6.11. The minimum Gasteiger partial charge on any atom is -0.466 e. The Kier molecular flexibility index (Phi) is 3.48. The third-order valence-electron chi connectivity index (χ3n) is 3.61. The molecule has 0 spiro atoms. The SMILES string of the molecule is CCOC(=O)[C@H]1CNC[C@]1(C)c1ccccc1. The molecule has 92 valence electrons. The van der Waals surface area contributed by atoms with E-state index in [1.807, 2.05) is 25.1 Å². The maximum Gasteiger partial charge on any atom is 0.311 e. The predicted octanol–water partition coefficient (Wildman–Crippen LogP) is 1.73. The zero-order valence-electron chi connectivity index (χ0n) is 10.4. The van der Waals surface area contributed by atoms with E-state index in [0.717, 1.165) is 6.54 Å². The lowest BCUT2D eigenvalue weighted by Crippen LogP contribution is -2.37. The van der Waals surface area contributed by atoms with Crippen LogP contribution in [-0.4, -0.2) is 25.7 Å². The Hall–Kier alpha value is -1.35. The maximum absolute atomic E-state index is 12.0. The number of benzene rings is 1. The summed E-state index contributed by atoms with van der Waals surface area (Å²) >= 11 is 0. The fraction of sp³-hybridized carbons (Fsp3) is 0.500. The van der Waals surface area contributed by atoms with Gasteiger partial charge >= 0.3 is 5.97 Å². The van der Waals surface area contributed by atoms with Crippen LogP contribution in [0.1, 0.15) is 19.4 Å². The van der Waals surface area contributed by atoms with Crippen molar-refractivity contribution in [1.82, 2.24) is 5.32 Å². The summed E-state index contributed by atoms with van der Waals surface area (Å²) in [7, 11) is 0. The molecule has 0 saturated carbocycles. The van der Waals surface area contributed by atoms with Gasteiger partial charge in [-0.05, 0) is 12.5 Å². The second-order valence-corrected chi connectivity index (χ2v) is 4.72. The van der Waals surface area contributed by atoms with Crippen molar-refractivity contribution in [1.29, 1.82) is 0 Å². The van der Waals surface area contributed by atoms with Gasteiger partial charge in [-0.3, -0.25) is 4.79 Å². The standard InChI is InChI=1S/C14H19NO2/c1-3-17-13(16)12-9-15-10-14(12,2)11-7-5-4-6-8-11/h4-8,12,15H,3,9-10H2,1-2H3/t12-,14-/m1/s1. The zero-order valence-corrected chi connectivity index (χ0v) is 10.4. The molecule has 3 nitrogen and oxygen atoms in total. The summed E-state index contributed by atoms with van der Waals surface area (Å²) in [5.74, 6) is -0.186. The van der Waals surface area contributed by atoms with Crippen LogP contribution in [0.25, 0.3) is 0 Å². The van der Waals surface area contributed by atoms with E-state index < -0.39 is 0 Å². The largest absolute Gasteiger partial charge is 0.466 e. The van der Waals surface area contributed by atoms with Gasteiger partial charge in [0.15, 0.2) is 0 Å². The van der Waals surface area contributed by atoms with Crippen molar-refractivity contribution >= 4 is 5.97 Å². The molecule has 0 unspecified atom stereocenters. The third kappa shape index (κ3) is 2.20. The fourth-order valence-corrected chi connectivity index (χ4v) is 2.53. The van der Waals surface area contributed by atoms with Crippen molar-refractivity contribution < 1.29 is 9.53 Å². The van der Waals surface area contributed by atoms with Gasteiger partial charge in [0.2, 0.25) is 0 Å². The van der Waals surface area contributed by atoms with Crippen molar-refractivity contribution in [2.45, 2.75) is 19.3 Å². The van der Waals surface area contributed by atoms with Crippen molar-refractivity contribution in [2.75, 3.05) is 19.7 Å². The molecule has 2 atom stereocenters. The Balaban J connectivity index is 2.26. The number of hydrogen-bond acceptors (Lipinski definition) is 3. The predicted molar refractivity (Wildman–Crippen MR) is 66.8 cm³/mol. The average Bonchev–Trinajstić information content (AvgIpc) is 2.74. The van der Waals surface area contributed by atoms with E-state index in [1.54, 1.807) is 0 Å². The third-order valence-corrected chi connectivity index (χ3v) is 3.61. The van der Waals surface area contributed by atoms with E-state index in [2.05, 4.69) is 24.4 Å². The molecule has 3 heteroatoms. The molecule has 1 aliphatic rings. The Morgan fingerprint density at radius 3 is 2.82 bits per heavy atom. The van der Waals surface area contributed by atoms with Gasteiger partial charge in [0.05, 0.1) is 12.5 Å². The summed E-state index contributed by atoms with van der Waals surface area (Å²) in [6, 6.07) is 10.2. The Morgan fingerprint density at radius 2 is 2.18 bits per heavy atom. The molecule has 2 rings (SSSR count). The van der Waals surface area contributed by atoms with E-state index in [-0.39, 0.29) is 17.3 Å². The van der Waals surface area contributed by atoms with Crippen LogP contribution in [0, 0.1) is 5.92 Å². The second kappa shape index (κ2) is 4.88. The lowest BCUT2D eigenvalue weighted by Gasteiger charge is -2.29. The Labute approximate surface area is 102 Å². The van der Waals surface area contributed by atoms with E-state index in [4.69, 9.17) is 4.74 Å². The van der Waals surface area contributed by atoms with E-state index in [0.29, 0.717) is 13.2 Å². The van der Waals surface area contributed by atoms with Gasteiger partial charge in [-0.15, -0.1) is 0 Å². The first-order valence-corrected chi connectivity index (χ1v) is 6.11. The summed E-state index contributed by atoms with van der Waals surface area (Å²) in [6.45, 7) is 5.94. The van der Waals surface area contributed by atoms with E-state index in [9.17, 15) is 4.79 Å². The van der Waals surface area contributed by atoms with Crippen molar-refractivity contribution in [3.05, 3.63) is 35.9 Å². The fourth-order valence-electron chi connectivity index (χ4n) is 2.53. The molecule has 0 aromatic heterocycles. The number of rotatable bonds is 3. The minimum atomic E-state index is -0.159. The highest BCUT2D eigenvalue weighted by Gasteiger charge is 2.45. The molecule has 1 aromatic carbocycles. The van der Waals surface area contributed by atoms with Gasteiger partial charge in [-0.25, -0.2) is 0 Å². The summed E-state index contributed by atoms with van der Waals surface area (Å²) in [5.41, 5.74) is 1.04. The van der Waals surface area contributed by atoms with Crippen molar-refractivity contribution in [3.63, 3.8) is 0 Å². The molecule has 1 N–H and O–H groups in total. The molecule has 1 fully saturated rings. The van der Waals surface area contributed by atoms with Crippen LogP contribution in [0.5, 0.6) is 0 Å². The molecule has 1 saturated heterocycles. The Morgan fingerprint density at radius 1 is 1.47 bits per heavy atom. The molecule has 0 amide bonds. The number of hydrogen-bond donors (Lipinski definition) is 1. The van der Waals surface area contributed by atoms with Crippen molar-refractivity contribution in [3.8, 4) is 0 Å². The average molecular weight is 233 g/mol. The highest BCUT2D eigenvalue weighted by atomic mass is 16.5. The van der Waals surface area contributed by atoms with Gasteiger partial charge in [-0.2, -0.15) is 0 Å². The number of esters is 1. The van der Waals surface area contributed by atoms with Crippen LogP contribution < -0.4 is 5.32 Å². The van der Waals surface area contributed by atoms with Gasteiger partial charge in [0.1, 0.15) is 0 Å². The number of nitrogens with one attached hydrogen (secondary N) is 1.